The summed E-state index contributed by atoms with van der Waals surface area (Å²) in [6, 6.07) is 11.1. The molecule has 0 saturated carbocycles. The lowest BCUT2D eigenvalue weighted by Gasteiger charge is -2.19. The quantitative estimate of drug-likeness (QED) is 0.338. The molecule has 38 heavy (non-hydrogen) atoms. The Morgan fingerprint density at radius 3 is 2.58 bits per heavy atom. The second-order valence-corrected chi connectivity index (χ2v) is 9.93. The first-order valence-corrected chi connectivity index (χ1v) is 13.8. The van der Waals surface area contributed by atoms with E-state index in [0.717, 1.165) is 56.3 Å². The van der Waals surface area contributed by atoms with Crippen molar-refractivity contribution in [2.45, 2.75) is 71.6 Å². The predicted molar refractivity (Wildman–Crippen MR) is 151 cm³/mol. The molecule has 1 fully saturated rings. The number of aromatic nitrogens is 2. The van der Waals surface area contributed by atoms with Gasteiger partial charge in [-0.3, -0.25) is 14.6 Å². The van der Waals surface area contributed by atoms with Gasteiger partial charge in [0, 0.05) is 55.0 Å². The zero-order valence-corrected chi connectivity index (χ0v) is 23.1. The Labute approximate surface area is 226 Å². The number of fused-ring (bicyclic) bond motifs is 1. The van der Waals surface area contributed by atoms with Crippen LogP contribution in [0.3, 0.4) is 0 Å². The maximum atomic E-state index is 12.6. The molecular formula is C31H40N4O3. The number of benzene rings is 1. The van der Waals surface area contributed by atoms with Crippen molar-refractivity contribution in [3.8, 4) is 6.07 Å². The molecule has 1 amide bonds. The van der Waals surface area contributed by atoms with Crippen molar-refractivity contribution in [1.82, 2.24) is 9.55 Å². The maximum Gasteiger partial charge on any atom is 0.274 e. The zero-order chi connectivity index (χ0) is 27.5. The van der Waals surface area contributed by atoms with Gasteiger partial charge in [0.15, 0.2) is 0 Å². The van der Waals surface area contributed by atoms with Crippen LogP contribution in [0.4, 0.5) is 5.69 Å². The summed E-state index contributed by atoms with van der Waals surface area (Å²) in [7, 11) is 2.07. The molecule has 1 N–H and O–H groups in total. The van der Waals surface area contributed by atoms with E-state index >= 15 is 0 Å². The van der Waals surface area contributed by atoms with Gasteiger partial charge in [0.25, 0.3) is 5.91 Å². The number of pyridine rings is 1. The number of aryl methyl sites for hydroxylation is 1. The van der Waals surface area contributed by atoms with E-state index in [9.17, 15) is 9.59 Å². The largest absolute Gasteiger partial charge is 0.381 e. The molecule has 1 atom stereocenters. The minimum absolute atomic E-state index is 0.207. The number of ether oxygens (including phenoxy) is 1. The molecule has 0 aliphatic carbocycles. The summed E-state index contributed by atoms with van der Waals surface area (Å²) in [5.74, 6) is 0.782. The molecule has 0 spiro atoms. The lowest BCUT2D eigenvalue weighted by molar-refractivity contribution is -0.126. The van der Waals surface area contributed by atoms with Crippen LogP contribution in [0.1, 0.15) is 93.3 Å². The molecule has 1 aliphatic rings. The first-order valence-electron chi connectivity index (χ1n) is 13.8. The van der Waals surface area contributed by atoms with Crippen molar-refractivity contribution in [2.24, 2.45) is 13.0 Å². The van der Waals surface area contributed by atoms with Crippen LogP contribution in [-0.2, 0) is 16.6 Å². The third kappa shape index (κ3) is 7.52. The van der Waals surface area contributed by atoms with Crippen LogP contribution >= 0.6 is 0 Å². The van der Waals surface area contributed by atoms with E-state index in [0.29, 0.717) is 30.3 Å². The van der Waals surface area contributed by atoms with Crippen molar-refractivity contribution in [3.05, 3.63) is 59.5 Å². The lowest BCUT2D eigenvalue weighted by Crippen LogP contribution is -2.24. The Bertz CT molecular complexity index is 1260. The third-order valence-corrected chi connectivity index (χ3v) is 7.08. The predicted octanol–water partition coefficient (Wildman–Crippen LogP) is 6.77. The van der Waals surface area contributed by atoms with Gasteiger partial charge in [0.2, 0.25) is 0 Å². The Morgan fingerprint density at radius 2 is 1.95 bits per heavy atom. The van der Waals surface area contributed by atoms with Crippen LogP contribution in [0, 0.1) is 17.2 Å². The molecule has 1 saturated heterocycles. The lowest BCUT2D eigenvalue weighted by atomic mass is 9.90. The Balaban J connectivity index is 0.000000336. The van der Waals surface area contributed by atoms with Gasteiger partial charge >= 0.3 is 0 Å². The van der Waals surface area contributed by atoms with Gasteiger partial charge in [-0.2, -0.15) is 5.26 Å². The van der Waals surface area contributed by atoms with Gasteiger partial charge in [0.05, 0.1) is 18.2 Å². The number of amides is 1. The normalized spacial score (nSPS) is 15.0. The Hall–Kier alpha value is -3.50. The van der Waals surface area contributed by atoms with E-state index in [1.54, 1.807) is 6.07 Å². The number of Topliss-reactive ketones (excluding diaryl/α,β-unsaturated/α-hetero) is 1. The SMILES string of the molecule is CCC(=O)C1CCCOC1.CCCC(CCC)c1cn(C)c2ccc(NC(=O)c3cc(C#N)ccn3)cc12. The number of nitrogens with one attached hydrogen (secondary N) is 1. The van der Waals surface area contributed by atoms with Gasteiger partial charge in [-0.25, -0.2) is 0 Å². The Morgan fingerprint density at radius 1 is 1.18 bits per heavy atom. The van der Waals surface area contributed by atoms with Gasteiger partial charge < -0.3 is 14.6 Å². The molecule has 0 radical (unpaired) electrons. The standard InChI is InChI=1S/C23H26N4O.C8H14O2/c1-4-6-17(7-5-2)20-15-27(3)22-9-8-18(13-19(20)22)26-23(28)21-12-16(14-24)10-11-25-21;1-2-8(9)7-4-3-5-10-6-7/h8-13,15,17H,4-7H2,1-3H3,(H,26,28);7H,2-6H2,1H3. The highest BCUT2D eigenvalue weighted by Crippen LogP contribution is 2.34. The highest BCUT2D eigenvalue weighted by Gasteiger charge is 2.19. The van der Waals surface area contributed by atoms with Crippen LogP contribution in [0.25, 0.3) is 10.9 Å². The molecule has 0 bridgehead atoms. The van der Waals surface area contributed by atoms with Gasteiger partial charge in [-0.15, -0.1) is 0 Å². The summed E-state index contributed by atoms with van der Waals surface area (Å²) < 4.78 is 7.34. The number of rotatable bonds is 9. The van der Waals surface area contributed by atoms with Crippen molar-refractivity contribution in [1.29, 1.82) is 5.26 Å². The average molecular weight is 517 g/mol. The highest BCUT2D eigenvalue weighted by molar-refractivity contribution is 6.04. The fourth-order valence-electron chi connectivity index (χ4n) is 5.08. The summed E-state index contributed by atoms with van der Waals surface area (Å²) in [4.78, 5) is 27.7. The third-order valence-electron chi connectivity index (χ3n) is 7.08. The summed E-state index contributed by atoms with van der Waals surface area (Å²) in [5, 5.41) is 13.1. The molecule has 1 aromatic carbocycles. The summed E-state index contributed by atoms with van der Waals surface area (Å²) in [6.45, 7) is 7.86. The van der Waals surface area contributed by atoms with E-state index in [1.807, 2.05) is 25.1 Å². The average Bonchev–Trinajstić information content (AvgIpc) is 3.28. The number of hydrogen-bond acceptors (Lipinski definition) is 5. The molecular weight excluding hydrogens is 476 g/mol. The second kappa shape index (κ2) is 14.4. The van der Waals surface area contributed by atoms with E-state index in [1.165, 1.54) is 23.2 Å². The minimum atomic E-state index is -0.312. The van der Waals surface area contributed by atoms with Crippen LogP contribution in [0.15, 0.2) is 42.7 Å². The monoisotopic (exact) mass is 516 g/mol. The number of carbonyl (C=O) groups is 2. The van der Waals surface area contributed by atoms with E-state index < -0.39 is 0 Å². The van der Waals surface area contributed by atoms with Crippen molar-refractivity contribution in [2.75, 3.05) is 18.5 Å². The first kappa shape index (κ1) is 29.1. The number of nitrogens with zero attached hydrogens (tertiary/aromatic N) is 3. The molecule has 7 heteroatoms. The maximum absolute atomic E-state index is 12.6. The molecule has 4 rings (SSSR count). The smallest absolute Gasteiger partial charge is 0.274 e. The minimum Gasteiger partial charge on any atom is -0.381 e. The molecule has 1 unspecified atom stereocenters. The number of ketones is 1. The van der Waals surface area contributed by atoms with Gasteiger partial charge in [-0.1, -0.05) is 33.6 Å². The van der Waals surface area contributed by atoms with E-state index in [4.69, 9.17) is 10.00 Å². The highest BCUT2D eigenvalue weighted by atomic mass is 16.5. The van der Waals surface area contributed by atoms with Gasteiger partial charge in [0.1, 0.15) is 11.5 Å². The van der Waals surface area contributed by atoms with Crippen LogP contribution < -0.4 is 5.32 Å². The fourth-order valence-corrected chi connectivity index (χ4v) is 5.08. The molecule has 3 aromatic rings. The van der Waals surface area contributed by atoms with E-state index in [2.05, 4.69) is 48.0 Å². The summed E-state index contributed by atoms with van der Waals surface area (Å²) in [6.07, 6.45) is 11.1. The molecule has 202 valence electrons. The first-order chi connectivity index (χ1) is 18.4. The van der Waals surface area contributed by atoms with Crippen LogP contribution in [0.2, 0.25) is 0 Å². The van der Waals surface area contributed by atoms with E-state index in [-0.39, 0.29) is 17.5 Å². The van der Waals surface area contributed by atoms with Gasteiger partial charge in [-0.05, 0) is 67.5 Å². The van der Waals surface area contributed by atoms with Crippen LogP contribution in [0.5, 0.6) is 0 Å². The summed E-state index contributed by atoms with van der Waals surface area (Å²) >= 11 is 0. The number of nitriles is 1. The van der Waals surface area contributed by atoms with Crippen molar-refractivity contribution < 1.29 is 14.3 Å². The van der Waals surface area contributed by atoms with Crippen LogP contribution in [-0.4, -0.2) is 34.5 Å². The Kier molecular flexibility index (Phi) is 11.0. The molecule has 2 aromatic heterocycles. The fraction of sp³-hybridized carbons (Fsp3) is 0.484. The molecule has 7 nitrogen and oxygen atoms in total. The summed E-state index contributed by atoms with van der Waals surface area (Å²) in [5.41, 5.74) is 3.91. The second-order valence-electron chi connectivity index (χ2n) is 9.93. The number of anilines is 1. The van der Waals surface area contributed by atoms with Crippen molar-refractivity contribution in [3.63, 3.8) is 0 Å². The zero-order valence-electron chi connectivity index (χ0n) is 23.1. The molecule has 1 aliphatic heterocycles. The molecule has 3 heterocycles. The topological polar surface area (TPSA) is 97.0 Å². The van der Waals surface area contributed by atoms with Crippen molar-refractivity contribution >= 4 is 28.3 Å². The number of hydrogen-bond donors (Lipinski definition) is 1. The number of carbonyl (C=O) groups excluding carboxylic acids is 2.